The molecule has 5 heteroatoms. The van der Waals surface area contributed by atoms with Crippen molar-refractivity contribution in [3.8, 4) is 67.4 Å². The molecule has 0 amide bonds. The fraction of sp³-hybridized carbons (Fsp3) is 0. The van der Waals surface area contributed by atoms with E-state index < -0.39 is 0 Å². The van der Waals surface area contributed by atoms with E-state index in [1.54, 1.807) is 0 Å². The molecule has 0 radical (unpaired) electrons. The van der Waals surface area contributed by atoms with E-state index in [0.717, 1.165) is 78.0 Å². The van der Waals surface area contributed by atoms with Gasteiger partial charge in [0, 0.05) is 39.2 Å². The summed E-state index contributed by atoms with van der Waals surface area (Å²) < 4.78 is 2.06. The van der Waals surface area contributed by atoms with Crippen molar-refractivity contribution in [1.82, 2.24) is 24.3 Å². The van der Waals surface area contributed by atoms with Gasteiger partial charge in [-0.2, -0.15) is 0 Å². The molecule has 4 aromatic heterocycles. The summed E-state index contributed by atoms with van der Waals surface area (Å²) in [5, 5.41) is 2.19. The lowest BCUT2D eigenvalue weighted by molar-refractivity contribution is 1.18. The Hall–Kier alpha value is -7.24. The Labute approximate surface area is 306 Å². The average molecular weight is 678 g/mol. The highest BCUT2D eigenvalue weighted by atomic mass is 15.1. The van der Waals surface area contributed by atoms with Crippen LogP contribution in [0, 0.1) is 0 Å². The number of rotatable bonds is 6. The van der Waals surface area contributed by atoms with Crippen LogP contribution in [0.15, 0.2) is 188 Å². The van der Waals surface area contributed by atoms with E-state index in [2.05, 4.69) is 144 Å². The zero-order valence-electron chi connectivity index (χ0n) is 28.6. The SMILES string of the molecule is c1ccc(-c2ccc(-c3cc(-c4ccccc4)nc(-c4ccc(-c5ccc(-c6nc7c(nc8ccccn87)c7ccccc67)cc5)cc4)n3)cc2)cc1. The van der Waals surface area contributed by atoms with E-state index in [1.165, 1.54) is 11.1 Å². The van der Waals surface area contributed by atoms with Crippen molar-refractivity contribution in [2.75, 3.05) is 0 Å². The van der Waals surface area contributed by atoms with E-state index in [9.17, 15) is 0 Å². The lowest BCUT2D eigenvalue weighted by Crippen LogP contribution is -1.96. The molecular formula is C48H31N5. The first-order valence-electron chi connectivity index (χ1n) is 17.7. The number of benzene rings is 6. The monoisotopic (exact) mass is 677 g/mol. The molecule has 5 nitrogen and oxygen atoms in total. The van der Waals surface area contributed by atoms with Crippen LogP contribution in [-0.2, 0) is 0 Å². The first-order valence-corrected chi connectivity index (χ1v) is 17.7. The van der Waals surface area contributed by atoms with Gasteiger partial charge in [-0.3, -0.25) is 4.40 Å². The van der Waals surface area contributed by atoms with Crippen LogP contribution in [0.5, 0.6) is 0 Å². The number of hydrogen-bond acceptors (Lipinski definition) is 4. The van der Waals surface area contributed by atoms with Crippen LogP contribution < -0.4 is 0 Å². The van der Waals surface area contributed by atoms with Crippen molar-refractivity contribution >= 4 is 27.6 Å². The second-order valence-electron chi connectivity index (χ2n) is 13.1. The second-order valence-corrected chi connectivity index (χ2v) is 13.1. The maximum absolute atomic E-state index is 5.17. The van der Waals surface area contributed by atoms with Crippen molar-refractivity contribution in [2.24, 2.45) is 0 Å². The highest BCUT2D eigenvalue weighted by Crippen LogP contribution is 2.35. The smallest absolute Gasteiger partial charge is 0.165 e. The fourth-order valence-corrected chi connectivity index (χ4v) is 7.13. The minimum atomic E-state index is 0.691. The summed E-state index contributed by atoms with van der Waals surface area (Å²) in [6.07, 6.45) is 2.02. The third-order valence-electron chi connectivity index (χ3n) is 9.88. The topological polar surface area (TPSA) is 56.0 Å². The van der Waals surface area contributed by atoms with Crippen LogP contribution in [0.2, 0.25) is 0 Å². The standard InChI is InChI=1S/C48H31N5/c1-3-11-32(12-4-1)33-18-24-37(25-19-33)43-31-42(36-13-5-2-6-14-36)49-47(50-43)39-28-22-35(23-29-39)34-20-26-38(27-21-34)45-40-15-7-8-16-41(40)46-48(52-45)53-30-10-9-17-44(53)51-46/h1-31H. The first-order chi connectivity index (χ1) is 26.2. The van der Waals surface area contributed by atoms with Gasteiger partial charge in [-0.25, -0.2) is 19.9 Å². The third kappa shape index (κ3) is 5.61. The Morgan fingerprint density at radius 1 is 0.340 bits per heavy atom. The zero-order valence-corrected chi connectivity index (χ0v) is 28.6. The molecule has 0 aliphatic rings. The molecule has 0 fully saturated rings. The summed E-state index contributed by atoms with van der Waals surface area (Å²) in [5.41, 5.74) is 14.1. The summed E-state index contributed by atoms with van der Waals surface area (Å²) in [5.74, 6) is 0.691. The summed E-state index contributed by atoms with van der Waals surface area (Å²) >= 11 is 0. The molecule has 10 rings (SSSR count). The van der Waals surface area contributed by atoms with E-state index >= 15 is 0 Å². The second kappa shape index (κ2) is 12.8. The quantitative estimate of drug-likeness (QED) is 0.176. The van der Waals surface area contributed by atoms with Gasteiger partial charge in [0.25, 0.3) is 0 Å². The van der Waals surface area contributed by atoms with Gasteiger partial charge in [0.05, 0.1) is 17.1 Å². The molecule has 6 aromatic carbocycles. The third-order valence-corrected chi connectivity index (χ3v) is 9.88. The minimum Gasteiger partial charge on any atom is -0.284 e. The Morgan fingerprint density at radius 3 is 1.45 bits per heavy atom. The molecule has 0 N–H and O–H groups in total. The van der Waals surface area contributed by atoms with Gasteiger partial charge in [-0.15, -0.1) is 0 Å². The van der Waals surface area contributed by atoms with E-state index in [1.807, 2.05) is 48.7 Å². The van der Waals surface area contributed by atoms with Crippen molar-refractivity contribution in [1.29, 1.82) is 0 Å². The van der Waals surface area contributed by atoms with Crippen molar-refractivity contribution in [2.45, 2.75) is 0 Å². The molecule has 0 unspecified atom stereocenters. The summed E-state index contributed by atoms with van der Waals surface area (Å²) in [6, 6.07) is 63.0. The average Bonchev–Trinajstić information content (AvgIpc) is 3.63. The van der Waals surface area contributed by atoms with E-state index in [4.69, 9.17) is 19.9 Å². The molecule has 10 aromatic rings. The lowest BCUT2D eigenvalue weighted by atomic mass is 9.99. The normalized spacial score (nSPS) is 11.4. The van der Waals surface area contributed by atoms with Crippen LogP contribution in [0.25, 0.3) is 95.0 Å². The molecule has 0 saturated heterocycles. The molecule has 0 aliphatic carbocycles. The molecule has 53 heavy (non-hydrogen) atoms. The molecule has 0 saturated carbocycles. The predicted molar refractivity (Wildman–Crippen MR) is 216 cm³/mol. The molecule has 0 aliphatic heterocycles. The Morgan fingerprint density at radius 2 is 0.811 bits per heavy atom. The predicted octanol–water partition coefficient (Wildman–Crippen LogP) is 11.8. The summed E-state index contributed by atoms with van der Waals surface area (Å²) in [6.45, 7) is 0. The lowest BCUT2D eigenvalue weighted by Gasteiger charge is -2.11. The van der Waals surface area contributed by atoms with Gasteiger partial charge in [0.15, 0.2) is 11.5 Å². The van der Waals surface area contributed by atoms with Crippen LogP contribution >= 0.6 is 0 Å². The van der Waals surface area contributed by atoms with E-state index in [-0.39, 0.29) is 0 Å². The summed E-state index contributed by atoms with van der Waals surface area (Å²) in [4.78, 5) is 20.2. The Bertz CT molecular complexity index is 2900. The maximum atomic E-state index is 5.17. The van der Waals surface area contributed by atoms with Gasteiger partial charge in [-0.05, 0) is 40.5 Å². The largest absolute Gasteiger partial charge is 0.284 e. The van der Waals surface area contributed by atoms with Crippen molar-refractivity contribution in [3.05, 3.63) is 188 Å². The van der Waals surface area contributed by atoms with Gasteiger partial charge >= 0.3 is 0 Å². The molecule has 0 spiro atoms. The van der Waals surface area contributed by atoms with Crippen LogP contribution in [-0.4, -0.2) is 24.3 Å². The zero-order chi connectivity index (χ0) is 35.1. The van der Waals surface area contributed by atoms with Crippen LogP contribution in [0.1, 0.15) is 0 Å². The Balaban J connectivity index is 0.986. The summed E-state index contributed by atoms with van der Waals surface area (Å²) in [7, 11) is 0. The van der Waals surface area contributed by atoms with E-state index in [0.29, 0.717) is 5.82 Å². The van der Waals surface area contributed by atoms with Crippen molar-refractivity contribution in [3.63, 3.8) is 0 Å². The first kappa shape index (κ1) is 30.6. The van der Waals surface area contributed by atoms with Gasteiger partial charge in [0.1, 0.15) is 11.2 Å². The van der Waals surface area contributed by atoms with Gasteiger partial charge in [0.2, 0.25) is 0 Å². The van der Waals surface area contributed by atoms with Crippen molar-refractivity contribution < 1.29 is 0 Å². The number of nitrogens with zero attached hydrogens (tertiary/aromatic N) is 5. The molecular weight excluding hydrogens is 647 g/mol. The minimum absolute atomic E-state index is 0.691. The molecule has 4 heterocycles. The number of hydrogen-bond donors (Lipinski definition) is 0. The maximum Gasteiger partial charge on any atom is 0.165 e. The molecule has 0 atom stereocenters. The number of imidazole rings is 1. The fourth-order valence-electron chi connectivity index (χ4n) is 7.13. The molecule has 248 valence electrons. The highest BCUT2D eigenvalue weighted by Gasteiger charge is 2.16. The van der Waals surface area contributed by atoms with Crippen LogP contribution in [0.3, 0.4) is 0 Å². The van der Waals surface area contributed by atoms with Gasteiger partial charge < -0.3 is 0 Å². The number of pyridine rings is 2. The highest BCUT2D eigenvalue weighted by molar-refractivity contribution is 6.09. The number of fused-ring (bicyclic) bond motifs is 5. The number of aromatic nitrogens is 5. The molecule has 0 bridgehead atoms. The van der Waals surface area contributed by atoms with Crippen LogP contribution in [0.4, 0.5) is 0 Å². The Kier molecular flexibility index (Phi) is 7.40. The van der Waals surface area contributed by atoms with Gasteiger partial charge in [-0.1, -0.05) is 164 Å².